The van der Waals surface area contributed by atoms with Crippen molar-refractivity contribution in [3.8, 4) is 0 Å². The molecule has 1 N–H and O–H groups in total. The Morgan fingerprint density at radius 2 is 1.45 bits per heavy atom. The van der Waals surface area contributed by atoms with E-state index in [4.69, 9.17) is 9.57 Å². The van der Waals surface area contributed by atoms with Gasteiger partial charge in [0.15, 0.2) is 0 Å². The first-order chi connectivity index (χ1) is 15.8. The molecule has 0 spiro atoms. The van der Waals surface area contributed by atoms with Crippen molar-refractivity contribution >= 4 is 12.0 Å². The van der Waals surface area contributed by atoms with Gasteiger partial charge < -0.3 is 10.1 Å². The predicted octanol–water partition coefficient (Wildman–Crippen LogP) is 5.09. The third kappa shape index (κ3) is 6.40. The zero-order chi connectivity index (χ0) is 23.8. The lowest BCUT2D eigenvalue weighted by atomic mass is 9.92. The van der Waals surface area contributed by atoms with E-state index in [2.05, 4.69) is 10.3 Å². The lowest BCUT2D eigenvalue weighted by Gasteiger charge is -2.36. The fourth-order valence-electron chi connectivity index (χ4n) is 3.44. The minimum Gasteiger partial charge on any atom is -0.442 e. The van der Waals surface area contributed by atoms with Crippen molar-refractivity contribution in [1.82, 2.24) is 15.4 Å². The van der Waals surface area contributed by atoms with Crippen LogP contribution in [0.4, 0.5) is 4.79 Å². The van der Waals surface area contributed by atoms with E-state index >= 15 is 0 Å². The quantitative estimate of drug-likeness (QED) is 0.510. The summed E-state index contributed by atoms with van der Waals surface area (Å²) in [5.41, 5.74) is 1.10. The normalized spacial score (nSPS) is 13.0. The minimum atomic E-state index is -0.728. The zero-order valence-electron chi connectivity index (χ0n) is 19.3. The van der Waals surface area contributed by atoms with Crippen LogP contribution in [0, 0.1) is 0 Å². The second kappa shape index (κ2) is 10.7. The molecule has 1 aromatic heterocycles. The van der Waals surface area contributed by atoms with Gasteiger partial charge in [0.2, 0.25) is 0 Å². The summed E-state index contributed by atoms with van der Waals surface area (Å²) in [6, 6.07) is 22.6. The van der Waals surface area contributed by atoms with Gasteiger partial charge in [0.25, 0.3) is 5.91 Å². The van der Waals surface area contributed by atoms with Crippen LogP contribution in [0.3, 0.4) is 0 Å². The van der Waals surface area contributed by atoms with E-state index < -0.39 is 23.8 Å². The maximum absolute atomic E-state index is 13.1. The number of rotatable bonds is 7. The average molecular weight is 448 g/mol. The average Bonchev–Trinajstić information content (AvgIpc) is 2.81. The van der Waals surface area contributed by atoms with E-state index in [1.54, 1.807) is 45.2 Å². The smallest absolute Gasteiger partial charge is 0.435 e. The lowest BCUT2D eigenvalue weighted by Crippen LogP contribution is -2.45. The van der Waals surface area contributed by atoms with Crippen molar-refractivity contribution in [2.24, 2.45) is 0 Å². The van der Waals surface area contributed by atoms with Crippen LogP contribution in [0.5, 0.6) is 0 Å². The molecular weight excluding hydrogens is 418 g/mol. The molecule has 2 aromatic carbocycles. The highest BCUT2D eigenvalue weighted by molar-refractivity contribution is 5.92. The molecule has 2 amide bonds. The standard InChI is InChI=1S/C26H29N3O4/c1-26(2,3)33-25(31)29(32-4)23(20-15-9-6-10-16-20)22(19-13-7-5-8-14-19)28-24(30)21-17-11-12-18-27-21/h5-18,22-23H,1-4H3,(H,28,30)/t22-,23-/m1/s1. The van der Waals surface area contributed by atoms with Crippen LogP contribution >= 0.6 is 0 Å². The van der Waals surface area contributed by atoms with Crippen LogP contribution in [-0.4, -0.2) is 34.8 Å². The predicted molar refractivity (Wildman–Crippen MR) is 125 cm³/mol. The summed E-state index contributed by atoms with van der Waals surface area (Å²) >= 11 is 0. The number of nitrogens with zero attached hydrogens (tertiary/aromatic N) is 2. The number of amides is 2. The minimum absolute atomic E-state index is 0.270. The molecule has 0 saturated heterocycles. The highest BCUT2D eigenvalue weighted by Crippen LogP contribution is 2.35. The molecule has 3 aromatic rings. The second-order valence-electron chi connectivity index (χ2n) is 8.42. The van der Waals surface area contributed by atoms with Gasteiger partial charge in [0.05, 0.1) is 13.2 Å². The van der Waals surface area contributed by atoms with Gasteiger partial charge in [0, 0.05) is 6.20 Å². The largest absolute Gasteiger partial charge is 0.442 e. The van der Waals surface area contributed by atoms with Gasteiger partial charge in [-0.25, -0.2) is 4.79 Å². The van der Waals surface area contributed by atoms with Crippen LogP contribution in [0.15, 0.2) is 85.1 Å². The monoisotopic (exact) mass is 447 g/mol. The molecule has 3 rings (SSSR count). The number of aromatic nitrogens is 1. The van der Waals surface area contributed by atoms with E-state index in [9.17, 15) is 9.59 Å². The molecular formula is C26H29N3O4. The summed E-state index contributed by atoms with van der Waals surface area (Å²) in [6.07, 6.45) is 0.898. The first kappa shape index (κ1) is 23.9. The van der Waals surface area contributed by atoms with Crippen LogP contribution in [0.25, 0.3) is 0 Å². The third-order valence-corrected chi connectivity index (χ3v) is 4.82. The van der Waals surface area contributed by atoms with Gasteiger partial charge in [-0.2, -0.15) is 5.06 Å². The maximum atomic E-state index is 13.1. The van der Waals surface area contributed by atoms with E-state index in [1.165, 1.54) is 7.11 Å². The topological polar surface area (TPSA) is 80.8 Å². The van der Waals surface area contributed by atoms with Crippen LogP contribution in [0.2, 0.25) is 0 Å². The van der Waals surface area contributed by atoms with E-state index in [0.717, 1.165) is 16.2 Å². The Bertz CT molecular complexity index is 1040. The fourth-order valence-corrected chi connectivity index (χ4v) is 3.44. The lowest BCUT2D eigenvalue weighted by molar-refractivity contribution is -0.156. The molecule has 0 saturated carbocycles. The summed E-state index contributed by atoms with van der Waals surface area (Å²) in [5.74, 6) is -0.370. The van der Waals surface area contributed by atoms with Crippen molar-refractivity contribution in [2.45, 2.75) is 38.5 Å². The number of hydroxylamine groups is 2. The molecule has 0 bridgehead atoms. The number of hydrogen-bond acceptors (Lipinski definition) is 5. The van der Waals surface area contributed by atoms with Crippen molar-refractivity contribution < 1.29 is 19.2 Å². The first-order valence-electron chi connectivity index (χ1n) is 10.7. The Labute approximate surface area is 194 Å². The number of nitrogens with one attached hydrogen (secondary N) is 1. The van der Waals surface area contributed by atoms with Crippen LogP contribution in [0.1, 0.15) is 54.5 Å². The second-order valence-corrected chi connectivity index (χ2v) is 8.42. The molecule has 172 valence electrons. The number of carbonyl (C=O) groups is 2. The Kier molecular flexibility index (Phi) is 7.79. The Balaban J connectivity index is 2.09. The Morgan fingerprint density at radius 3 is 1.97 bits per heavy atom. The number of benzene rings is 2. The molecule has 0 fully saturated rings. The number of carbonyl (C=O) groups excluding carboxylic acids is 2. The molecule has 0 aliphatic carbocycles. The molecule has 1 heterocycles. The van der Waals surface area contributed by atoms with Crippen LogP contribution < -0.4 is 5.32 Å². The number of pyridine rings is 1. The maximum Gasteiger partial charge on any atom is 0.435 e. The van der Waals surface area contributed by atoms with Crippen molar-refractivity contribution in [3.63, 3.8) is 0 Å². The van der Waals surface area contributed by atoms with Crippen molar-refractivity contribution in [2.75, 3.05) is 7.11 Å². The van der Waals surface area contributed by atoms with Crippen LogP contribution in [-0.2, 0) is 9.57 Å². The summed E-state index contributed by atoms with van der Waals surface area (Å²) < 4.78 is 5.61. The SMILES string of the molecule is CON(C(=O)OC(C)(C)C)[C@H](c1ccccc1)[C@H](NC(=O)c1ccccn1)c1ccccc1. The Morgan fingerprint density at radius 1 is 0.879 bits per heavy atom. The summed E-state index contributed by atoms with van der Waals surface area (Å²) in [7, 11) is 1.41. The van der Waals surface area contributed by atoms with Gasteiger partial charge in [-0.3, -0.25) is 14.6 Å². The van der Waals surface area contributed by atoms with Gasteiger partial charge in [-0.15, -0.1) is 0 Å². The summed E-state index contributed by atoms with van der Waals surface area (Å²) in [5, 5.41) is 4.21. The highest BCUT2D eigenvalue weighted by Gasteiger charge is 2.37. The molecule has 7 heteroatoms. The van der Waals surface area contributed by atoms with Gasteiger partial charge in [0.1, 0.15) is 17.3 Å². The Hall–Kier alpha value is -3.71. The molecule has 2 atom stereocenters. The van der Waals surface area contributed by atoms with E-state index in [0.29, 0.717) is 0 Å². The molecule has 0 unspecified atom stereocenters. The molecule has 0 aliphatic heterocycles. The highest BCUT2D eigenvalue weighted by atomic mass is 16.7. The number of hydrogen-bond donors (Lipinski definition) is 1. The third-order valence-electron chi connectivity index (χ3n) is 4.82. The fraction of sp³-hybridized carbons (Fsp3) is 0.269. The molecule has 0 aliphatic rings. The van der Waals surface area contributed by atoms with Crippen molar-refractivity contribution in [3.05, 3.63) is 102 Å². The summed E-state index contributed by atoms with van der Waals surface area (Å²) in [6.45, 7) is 5.36. The van der Waals surface area contributed by atoms with E-state index in [1.807, 2.05) is 60.7 Å². The van der Waals surface area contributed by atoms with Gasteiger partial charge in [-0.1, -0.05) is 66.7 Å². The van der Waals surface area contributed by atoms with Gasteiger partial charge >= 0.3 is 6.09 Å². The molecule has 0 radical (unpaired) electrons. The molecule has 7 nitrogen and oxygen atoms in total. The zero-order valence-corrected chi connectivity index (χ0v) is 19.3. The van der Waals surface area contributed by atoms with Gasteiger partial charge in [-0.05, 0) is 44.0 Å². The van der Waals surface area contributed by atoms with E-state index in [-0.39, 0.29) is 11.6 Å². The summed E-state index contributed by atoms with van der Waals surface area (Å²) in [4.78, 5) is 36.0. The first-order valence-corrected chi connectivity index (χ1v) is 10.7. The number of ether oxygens (including phenoxy) is 1. The molecule has 33 heavy (non-hydrogen) atoms. The van der Waals surface area contributed by atoms with Crippen molar-refractivity contribution in [1.29, 1.82) is 0 Å².